The van der Waals surface area contributed by atoms with Crippen molar-refractivity contribution >= 4 is 18.0 Å². The first-order valence-corrected chi connectivity index (χ1v) is 18.2. The molecular weight excluding hydrogens is 741 g/mol. The van der Waals surface area contributed by atoms with Crippen molar-refractivity contribution in [3.63, 3.8) is 0 Å². The van der Waals surface area contributed by atoms with Crippen molar-refractivity contribution in [2.24, 2.45) is 5.10 Å². The molecule has 6 aromatic rings. The van der Waals surface area contributed by atoms with Crippen LogP contribution in [0.15, 0.2) is 103 Å². The number of carbonyl (C=O) groups is 2. The molecule has 3 N–H and O–H groups in total. The quantitative estimate of drug-likeness (QED) is 0.0847. The molecule has 58 heavy (non-hydrogen) atoms. The fourth-order valence-corrected chi connectivity index (χ4v) is 5.13. The van der Waals surface area contributed by atoms with Crippen LogP contribution >= 0.6 is 0 Å². The zero-order valence-corrected chi connectivity index (χ0v) is 33.0. The maximum Gasteiger partial charge on any atom is 0.291 e. The third-order valence-corrected chi connectivity index (χ3v) is 8.25. The maximum atomic E-state index is 12.4. The van der Waals surface area contributed by atoms with Crippen LogP contribution < -0.4 is 35.2 Å². The van der Waals surface area contributed by atoms with Crippen LogP contribution in [0.3, 0.4) is 0 Å². The zero-order valence-electron chi connectivity index (χ0n) is 33.0. The minimum absolute atomic E-state index is 0.161. The van der Waals surface area contributed by atoms with E-state index in [9.17, 15) is 9.59 Å². The van der Waals surface area contributed by atoms with E-state index < -0.39 is 5.91 Å². The number of aryl methyl sites for hydroxylation is 2. The molecule has 0 aliphatic carbocycles. The van der Waals surface area contributed by atoms with E-state index in [1.807, 2.05) is 82.3 Å². The Morgan fingerprint density at radius 1 is 0.655 bits per heavy atom. The van der Waals surface area contributed by atoms with Crippen molar-refractivity contribution < 1.29 is 28.5 Å². The van der Waals surface area contributed by atoms with E-state index in [0.29, 0.717) is 42.6 Å². The summed E-state index contributed by atoms with van der Waals surface area (Å²) < 4.78 is 21.2. The average Bonchev–Trinajstić information content (AvgIpc) is 3.26. The third kappa shape index (κ3) is 11.8. The van der Waals surface area contributed by atoms with Gasteiger partial charge in [-0.3, -0.25) is 35.0 Å². The normalized spacial score (nSPS) is 10.6. The highest BCUT2D eigenvalue weighted by atomic mass is 16.5. The van der Waals surface area contributed by atoms with E-state index in [2.05, 4.69) is 51.3 Å². The van der Waals surface area contributed by atoms with E-state index >= 15 is 0 Å². The molecule has 0 bridgehead atoms. The van der Waals surface area contributed by atoms with E-state index in [-0.39, 0.29) is 17.3 Å². The van der Waals surface area contributed by atoms with Gasteiger partial charge in [0.2, 0.25) is 0 Å². The van der Waals surface area contributed by atoms with Crippen molar-refractivity contribution in [3.05, 3.63) is 132 Å². The Labute approximate surface area is 336 Å². The van der Waals surface area contributed by atoms with Gasteiger partial charge in [0, 0.05) is 34.6 Å². The van der Waals surface area contributed by atoms with Gasteiger partial charge in [-0.2, -0.15) is 5.10 Å². The second-order valence-electron chi connectivity index (χ2n) is 12.2. The molecule has 4 heterocycles. The average molecular weight is 785 g/mol. The molecular formula is C42H44N10O6. The predicted octanol–water partition coefficient (Wildman–Crippen LogP) is 5.71. The smallest absolute Gasteiger partial charge is 0.291 e. The maximum absolute atomic E-state index is 12.4. The second-order valence-corrected chi connectivity index (χ2v) is 12.2. The number of carbonyl (C=O) groups excluding carboxylic acids is 2. The number of ether oxygens (including phenoxy) is 4. The van der Waals surface area contributed by atoms with Gasteiger partial charge in [0.1, 0.15) is 34.4 Å². The molecule has 6 rings (SSSR count). The lowest BCUT2D eigenvalue weighted by molar-refractivity contribution is 0.0924. The summed E-state index contributed by atoms with van der Waals surface area (Å²) in [7, 11) is 3.15. The number of hydrazine groups is 1. The Balaban J connectivity index is 0.000000221. The summed E-state index contributed by atoms with van der Waals surface area (Å²) in [5.74, 6) is 1.98. The van der Waals surface area contributed by atoms with Crippen molar-refractivity contribution in [2.45, 2.75) is 34.2 Å². The van der Waals surface area contributed by atoms with E-state index in [1.165, 1.54) is 18.6 Å². The number of hydrazone groups is 1. The number of rotatable bonds is 15. The molecule has 2 amide bonds. The van der Waals surface area contributed by atoms with Gasteiger partial charge in [0.25, 0.3) is 11.8 Å². The standard InChI is InChI=1S/C21H23N5O3.C21H21N5O3/c2*1-4-29-17-7-5-15(6-8-17)19-12-22-13-20(25-19)21(27)26-24-10-16-9-18(28-3)11-23-14(16)2/h5-9,11-13,24H,4,10H2,1-3H3,(H,26,27);5-13H,4H2,1-3H3,(H,26,27)/b;24-10+. The summed E-state index contributed by atoms with van der Waals surface area (Å²) in [6.45, 7) is 9.19. The van der Waals surface area contributed by atoms with Crippen LogP contribution in [-0.2, 0) is 6.54 Å². The largest absolute Gasteiger partial charge is 0.495 e. The Hall–Kier alpha value is -7.33. The number of methoxy groups -OCH3 is 2. The SMILES string of the molecule is CCOc1ccc(-c2cncc(C(=O)N/N=C/c3cc(OC)cnc3C)n2)cc1.CCOc1ccc(-c2cncc(C(=O)NNCc3cc(OC)cnc3C)n2)cc1. The van der Waals surface area contributed by atoms with Gasteiger partial charge in [-0.05, 0) is 93.9 Å². The number of nitrogens with zero attached hydrogens (tertiary/aromatic N) is 7. The molecule has 0 saturated heterocycles. The Kier molecular flexibility index (Phi) is 15.2. The molecule has 0 aliphatic heterocycles. The topological polar surface area (TPSA) is 197 Å². The molecule has 0 radical (unpaired) electrons. The van der Waals surface area contributed by atoms with Gasteiger partial charge < -0.3 is 18.9 Å². The molecule has 2 aromatic carbocycles. The molecule has 16 nitrogen and oxygen atoms in total. The van der Waals surface area contributed by atoms with E-state index in [1.54, 1.807) is 45.1 Å². The molecule has 4 aromatic heterocycles. The number of amides is 2. The fraction of sp³-hybridized carbons (Fsp3) is 0.214. The monoisotopic (exact) mass is 784 g/mol. The van der Waals surface area contributed by atoms with Crippen LogP contribution in [0.25, 0.3) is 22.5 Å². The number of pyridine rings is 2. The predicted molar refractivity (Wildman–Crippen MR) is 218 cm³/mol. The van der Waals surface area contributed by atoms with Gasteiger partial charge in [0.05, 0.1) is 82.2 Å². The molecule has 0 atom stereocenters. The second kappa shape index (κ2) is 21.1. The molecule has 0 spiro atoms. The molecule has 0 aliphatic rings. The zero-order chi connectivity index (χ0) is 41.3. The Bertz CT molecular complexity index is 2320. The lowest BCUT2D eigenvalue weighted by Gasteiger charge is -2.10. The summed E-state index contributed by atoms with van der Waals surface area (Å²) in [4.78, 5) is 50.3. The van der Waals surface area contributed by atoms with Crippen molar-refractivity contribution in [1.29, 1.82) is 0 Å². The Morgan fingerprint density at radius 3 is 1.71 bits per heavy atom. The number of aromatic nitrogens is 6. The first-order valence-electron chi connectivity index (χ1n) is 18.2. The summed E-state index contributed by atoms with van der Waals surface area (Å²) >= 11 is 0. The van der Waals surface area contributed by atoms with Gasteiger partial charge in [-0.25, -0.2) is 20.8 Å². The van der Waals surface area contributed by atoms with Crippen molar-refractivity contribution in [3.8, 4) is 45.5 Å². The van der Waals surface area contributed by atoms with Crippen LogP contribution in [-0.4, -0.2) is 75.4 Å². The van der Waals surface area contributed by atoms with Crippen molar-refractivity contribution in [1.82, 2.24) is 46.2 Å². The summed E-state index contributed by atoms with van der Waals surface area (Å²) in [5.41, 5.74) is 14.5. The van der Waals surface area contributed by atoms with Gasteiger partial charge in [-0.1, -0.05) is 0 Å². The van der Waals surface area contributed by atoms with Crippen LogP contribution in [0.1, 0.15) is 57.3 Å². The lowest BCUT2D eigenvalue weighted by atomic mass is 10.1. The van der Waals surface area contributed by atoms with Crippen LogP contribution in [0.2, 0.25) is 0 Å². The molecule has 298 valence electrons. The van der Waals surface area contributed by atoms with Crippen molar-refractivity contribution in [2.75, 3.05) is 27.4 Å². The number of benzene rings is 2. The van der Waals surface area contributed by atoms with Crippen LogP contribution in [0.5, 0.6) is 23.0 Å². The van der Waals surface area contributed by atoms with Gasteiger partial charge in [0.15, 0.2) is 0 Å². The molecule has 0 fully saturated rings. The van der Waals surface area contributed by atoms with E-state index in [0.717, 1.165) is 45.1 Å². The van der Waals surface area contributed by atoms with Gasteiger partial charge >= 0.3 is 0 Å². The van der Waals surface area contributed by atoms with E-state index in [4.69, 9.17) is 18.9 Å². The van der Waals surface area contributed by atoms with Crippen LogP contribution in [0, 0.1) is 13.8 Å². The minimum atomic E-state index is -0.463. The third-order valence-electron chi connectivity index (χ3n) is 8.25. The first kappa shape index (κ1) is 41.8. The number of nitrogens with one attached hydrogen (secondary N) is 3. The molecule has 0 unspecified atom stereocenters. The highest BCUT2D eigenvalue weighted by molar-refractivity contribution is 5.93. The minimum Gasteiger partial charge on any atom is -0.495 e. The molecule has 16 heteroatoms. The van der Waals surface area contributed by atoms with Crippen LogP contribution in [0.4, 0.5) is 0 Å². The summed E-state index contributed by atoms with van der Waals surface area (Å²) in [6, 6.07) is 18.6. The number of hydrogen-bond acceptors (Lipinski definition) is 14. The first-order chi connectivity index (χ1) is 28.2. The summed E-state index contributed by atoms with van der Waals surface area (Å²) in [5, 5.41) is 3.98. The highest BCUT2D eigenvalue weighted by Crippen LogP contribution is 2.22. The van der Waals surface area contributed by atoms with Gasteiger partial charge in [-0.15, -0.1) is 0 Å². The molecule has 0 saturated carbocycles. The lowest BCUT2D eigenvalue weighted by Crippen LogP contribution is -2.37. The fourth-order valence-electron chi connectivity index (χ4n) is 5.13. The number of hydrogen-bond donors (Lipinski definition) is 3. The summed E-state index contributed by atoms with van der Waals surface area (Å²) in [6.07, 6.45) is 10.8. The Morgan fingerprint density at radius 2 is 1.17 bits per heavy atom. The highest BCUT2D eigenvalue weighted by Gasteiger charge is 2.12.